The lowest BCUT2D eigenvalue weighted by Gasteiger charge is -2.40. The van der Waals surface area contributed by atoms with Crippen LogP contribution in [0.4, 0.5) is 11.4 Å². The van der Waals surface area contributed by atoms with Gasteiger partial charge in [0.05, 0.1) is 0 Å². The number of carbonyl (C=O) groups excluding carboxylic acids is 3. The minimum Gasteiger partial charge on any atom is -0.338 e. The summed E-state index contributed by atoms with van der Waals surface area (Å²) in [5.41, 5.74) is 5.26. The van der Waals surface area contributed by atoms with Crippen molar-refractivity contribution in [3.05, 3.63) is 95.6 Å². The van der Waals surface area contributed by atoms with Gasteiger partial charge in [0.15, 0.2) is 0 Å². The number of benzene rings is 3. The molecule has 194 valence electrons. The molecule has 0 radical (unpaired) electrons. The van der Waals surface area contributed by atoms with Crippen molar-refractivity contribution in [3.8, 4) is 0 Å². The van der Waals surface area contributed by atoms with Crippen molar-refractivity contribution in [2.24, 2.45) is 0 Å². The van der Waals surface area contributed by atoms with Crippen LogP contribution < -0.4 is 10.2 Å². The monoisotopic (exact) mass is 508 g/mol. The predicted octanol–water partition coefficient (Wildman–Crippen LogP) is 4.25. The summed E-state index contributed by atoms with van der Waals surface area (Å²) >= 11 is 0. The highest BCUT2D eigenvalue weighted by atomic mass is 16.2. The molecule has 3 amide bonds. The van der Waals surface area contributed by atoms with Crippen LogP contribution in [-0.2, 0) is 22.7 Å². The second kappa shape index (κ2) is 10.4. The van der Waals surface area contributed by atoms with Crippen LogP contribution in [0.3, 0.4) is 0 Å². The number of carbonyl (C=O) groups is 3. The Morgan fingerprint density at radius 3 is 2.11 bits per heavy atom. The smallest absolute Gasteiger partial charge is 0.255 e. The quantitative estimate of drug-likeness (QED) is 0.504. The number of fused-ring (bicyclic) bond motifs is 1. The molecule has 0 saturated carbocycles. The number of nitrogens with zero attached hydrogens (tertiary/aromatic N) is 3. The molecule has 38 heavy (non-hydrogen) atoms. The average Bonchev–Trinajstić information content (AvgIpc) is 3.26. The zero-order valence-electron chi connectivity index (χ0n) is 21.4. The van der Waals surface area contributed by atoms with Crippen LogP contribution >= 0.6 is 0 Å². The zero-order valence-corrected chi connectivity index (χ0v) is 21.4. The molecule has 1 atom stereocenters. The number of imide groups is 1. The number of nitrogens with one attached hydrogen (secondary N) is 1. The average molecular weight is 509 g/mol. The van der Waals surface area contributed by atoms with E-state index in [1.54, 1.807) is 4.90 Å². The Morgan fingerprint density at radius 2 is 1.47 bits per heavy atom. The molecule has 7 nitrogen and oxygen atoms in total. The van der Waals surface area contributed by atoms with Gasteiger partial charge in [-0.05, 0) is 60.7 Å². The molecular weight excluding hydrogens is 476 g/mol. The summed E-state index contributed by atoms with van der Waals surface area (Å²) < 4.78 is 0. The first-order valence-corrected chi connectivity index (χ1v) is 13.4. The van der Waals surface area contributed by atoms with Gasteiger partial charge in [0.25, 0.3) is 5.91 Å². The summed E-state index contributed by atoms with van der Waals surface area (Å²) in [4.78, 5) is 43.4. The predicted molar refractivity (Wildman–Crippen MR) is 146 cm³/mol. The maximum Gasteiger partial charge on any atom is 0.255 e. The number of anilines is 2. The standard InChI is InChI=1S/C31H32N4O3/c36-29-14-13-28(30(37)32-29)34-21-23-19-22(11-12-27(23)31(34)38)20-33-17-15-26(16-18-33)35(24-7-3-1-4-8-24)25-9-5-2-6-10-25/h1-12,19,26,28H,13-18,20-21H2,(H,32,36,37). The summed E-state index contributed by atoms with van der Waals surface area (Å²) in [6, 6.07) is 27.1. The third kappa shape index (κ3) is 4.82. The Labute approximate surface area is 223 Å². The Hall–Kier alpha value is -3.97. The van der Waals surface area contributed by atoms with Crippen LogP contribution in [0.2, 0.25) is 0 Å². The SMILES string of the molecule is O=C1CCC(N2Cc3cc(CN4CCC(N(c5ccccc5)c5ccccc5)CC4)ccc3C2=O)C(=O)N1. The van der Waals surface area contributed by atoms with Crippen LogP contribution in [0.5, 0.6) is 0 Å². The topological polar surface area (TPSA) is 73.0 Å². The lowest BCUT2D eigenvalue weighted by atomic mass is 10.00. The molecule has 1 unspecified atom stereocenters. The van der Waals surface area contributed by atoms with E-state index in [1.165, 1.54) is 16.9 Å². The van der Waals surface area contributed by atoms with Gasteiger partial charge in [-0.15, -0.1) is 0 Å². The summed E-state index contributed by atoms with van der Waals surface area (Å²) in [6.07, 6.45) is 2.78. The van der Waals surface area contributed by atoms with Crippen LogP contribution in [0.1, 0.15) is 47.2 Å². The van der Waals surface area contributed by atoms with E-state index in [-0.39, 0.29) is 24.1 Å². The van der Waals surface area contributed by atoms with Crippen molar-refractivity contribution in [3.63, 3.8) is 0 Å². The number of rotatable bonds is 6. The minimum atomic E-state index is -0.577. The zero-order chi connectivity index (χ0) is 26.1. The molecule has 0 bridgehead atoms. The molecule has 7 heteroatoms. The minimum absolute atomic E-state index is 0.122. The normalized spacial score (nSPS) is 20.4. The maximum atomic E-state index is 13.0. The highest BCUT2D eigenvalue weighted by Crippen LogP contribution is 2.33. The van der Waals surface area contributed by atoms with Crippen molar-refractivity contribution in [1.29, 1.82) is 0 Å². The second-order valence-electron chi connectivity index (χ2n) is 10.4. The second-order valence-corrected chi connectivity index (χ2v) is 10.4. The van der Waals surface area contributed by atoms with Crippen LogP contribution in [-0.4, -0.2) is 52.7 Å². The Kier molecular flexibility index (Phi) is 6.68. The van der Waals surface area contributed by atoms with Crippen molar-refractivity contribution in [2.75, 3.05) is 18.0 Å². The number of para-hydroxylation sites is 2. The third-order valence-electron chi connectivity index (χ3n) is 7.99. The summed E-state index contributed by atoms with van der Waals surface area (Å²) in [7, 11) is 0. The van der Waals surface area contributed by atoms with Gasteiger partial charge in [-0.25, -0.2) is 0 Å². The van der Waals surface area contributed by atoms with Crippen LogP contribution in [0.25, 0.3) is 0 Å². The molecular formula is C31H32N4O3. The van der Waals surface area contributed by atoms with Gasteiger partial charge in [0, 0.05) is 55.6 Å². The number of amides is 3. The summed E-state index contributed by atoms with van der Waals surface area (Å²) in [5, 5.41) is 2.37. The van der Waals surface area contributed by atoms with Gasteiger partial charge >= 0.3 is 0 Å². The molecule has 2 saturated heterocycles. The van der Waals surface area contributed by atoms with Gasteiger partial charge in [-0.2, -0.15) is 0 Å². The molecule has 2 fully saturated rings. The molecule has 6 rings (SSSR count). The molecule has 0 spiro atoms. The van der Waals surface area contributed by atoms with Gasteiger partial charge in [-0.1, -0.05) is 48.5 Å². The molecule has 3 heterocycles. The Morgan fingerprint density at radius 1 is 0.816 bits per heavy atom. The fourth-order valence-electron chi connectivity index (χ4n) is 6.07. The molecule has 1 N–H and O–H groups in total. The maximum absolute atomic E-state index is 13.0. The molecule has 3 aliphatic rings. The first-order chi connectivity index (χ1) is 18.6. The number of hydrogen-bond acceptors (Lipinski definition) is 5. The molecule has 0 aromatic heterocycles. The molecule has 3 aliphatic heterocycles. The lowest BCUT2D eigenvalue weighted by molar-refractivity contribution is -0.136. The largest absolute Gasteiger partial charge is 0.338 e. The van der Waals surface area contributed by atoms with Crippen molar-refractivity contribution in [1.82, 2.24) is 15.1 Å². The van der Waals surface area contributed by atoms with Crippen molar-refractivity contribution < 1.29 is 14.4 Å². The molecule has 0 aliphatic carbocycles. The highest BCUT2D eigenvalue weighted by molar-refractivity contribution is 6.05. The lowest BCUT2D eigenvalue weighted by Crippen LogP contribution is -2.52. The van der Waals surface area contributed by atoms with E-state index in [2.05, 4.69) is 81.8 Å². The van der Waals surface area contributed by atoms with Gasteiger partial charge in [0.2, 0.25) is 11.8 Å². The first kappa shape index (κ1) is 24.4. The van der Waals surface area contributed by atoms with E-state index < -0.39 is 6.04 Å². The van der Waals surface area contributed by atoms with E-state index in [4.69, 9.17) is 0 Å². The van der Waals surface area contributed by atoms with Crippen molar-refractivity contribution >= 4 is 29.1 Å². The fourth-order valence-corrected chi connectivity index (χ4v) is 6.07. The van der Waals surface area contributed by atoms with Gasteiger partial charge < -0.3 is 9.80 Å². The Bertz CT molecular complexity index is 1300. The van der Waals surface area contributed by atoms with Crippen LogP contribution in [0, 0.1) is 0 Å². The number of piperidine rings is 2. The Balaban J connectivity index is 1.11. The number of hydrogen-bond donors (Lipinski definition) is 1. The molecule has 3 aromatic carbocycles. The summed E-state index contributed by atoms with van der Waals surface area (Å²) in [5.74, 6) is -0.758. The van der Waals surface area contributed by atoms with E-state index in [0.29, 0.717) is 24.6 Å². The van der Waals surface area contributed by atoms with Crippen LogP contribution in [0.15, 0.2) is 78.9 Å². The summed E-state index contributed by atoms with van der Waals surface area (Å²) in [6.45, 7) is 3.25. The number of likely N-dealkylation sites (tertiary alicyclic amines) is 1. The van der Waals surface area contributed by atoms with E-state index in [0.717, 1.165) is 38.0 Å². The van der Waals surface area contributed by atoms with E-state index in [9.17, 15) is 14.4 Å². The fraction of sp³-hybridized carbons (Fsp3) is 0.323. The van der Waals surface area contributed by atoms with Crippen molar-refractivity contribution in [2.45, 2.75) is 50.9 Å². The van der Waals surface area contributed by atoms with Gasteiger partial charge in [-0.3, -0.25) is 24.6 Å². The first-order valence-electron chi connectivity index (χ1n) is 13.4. The van der Waals surface area contributed by atoms with E-state index >= 15 is 0 Å². The highest BCUT2D eigenvalue weighted by Gasteiger charge is 2.39. The molecule has 3 aromatic rings. The third-order valence-corrected chi connectivity index (χ3v) is 7.99. The van der Waals surface area contributed by atoms with Gasteiger partial charge in [0.1, 0.15) is 6.04 Å². The van der Waals surface area contributed by atoms with E-state index in [1.807, 2.05) is 12.1 Å².